The Morgan fingerprint density at radius 2 is 1.83 bits per heavy atom. The quantitative estimate of drug-likeness (QED) is 0.425. The van der Waals surface area contributed by atoms with Gasteiger partial charge in [0.05, 0.1) is 6.54 Å². The molecule has 0 saturated carbocycles. The number of nitrogens with one attached hydrogen (secondary N) is 1. The van der Waals surface area contributed by atoms with Gasteiger partial charge in [-0.3, -0.25) is 14.5 Å². The molecule has 1 unspecified atom stereocenters. The van der Waals surface area contributed by atoms with Gasteiger partial charge in [0, 0.05) is 23.5 Å². The van der Waals surface area contributed by atoms with Crippen LogP contribution in [0.2, 0.25) is 0 Å². The molecule has 180 valence electrons. The van der Waals surface area contributed by atoms with Crippen molar-refractivity contribution in [1.29, 1.82) is 0 Å². The summed E-state index contributed by atoms with van der Waals surface area (Å²) < 4.78 is 15.2. The standard InChI is InChI=1S/C28H28FN3O3/c1-18-16-23(19(2)31(18)15-13-20-9-11-22(29)12-10-20)25(33)17-32-26(34)28(30-27(32)35)14-5-7-21-6-3-4-8-24(21)28/h3-4,6,8-12,16H,5,7,13-15,17H2,1-2H3,(H,30,35). The zero-order valence-electron chi connectivity index (χ0n) is 19.9. The Labute approximate surface area is 203 Å². The van der Waals surface area contributed by atoms with Gasteiger partial charge < -0.3 is 9.88 Å². The fraction of sp³-hybridized carbons (Fsp3) is 0.321. The van der Waals surface area contributed by atoms with Crippen molar-refractivity contribution in [2.75, 3.05) is 6.54 Å². The van der Waals surface area contributed by atoms with E-state index in [0.29, 0.717) is 24.9 Å². The number of ketones is 1. The molecular formula is C28H28FN3O3. The molecule has 1 N–H and O–H groups in total. The van der Waals surface area contributed by atoms with E-state index in [9.17, 15) is 18.8 Å². The molecule has 1 aliphatic heterocycles. The first-order valence-electron chi connectivity index (χ1n) is 12.0. The van der Waals surface area contributed by atoms with Crippen molar-refractivity contribution in [1.82, 2.24) is 14.8 Å². The maximum absolute atomic E-state index is 13.5. The molecule has 2 aliphatic rings. The minimum Gasteiger partial charge on any atom is -0.348 e. The van der Waals surface area contributed by atoms with Crippen molar-refractivity contribution in [2.24, 2.45) is 0 Å². The lowest BCUT2D eigenvalue weighted by atomic mass is 9.76. The summed E-state index contributed by atoms with van der Waals surface area (Å²) in [5.74, 6) is -0.891. The lowest BCUT2D eigenvalue weighted by Crippen LogP contribution is -2.46. The number of benzene rings is 2. The zero-order chi connectivity index (χ0) is 24.7. The zero-order valence-corrected chi connectivity index (χ0v) is 19.9. The topological polar surface area (TPSA) is 71.4 Å². The smallest absolute Gasteiger partial charge is 0.325 e. The molecule has 5 rings (SSSR count). The Kier molecular flexibility index (Phi) is 5.79. The SMILES string of the molecule is Cc1cc(C(=O)CN2C(=O)NC3(CCCc4ccccc43)C2=O)c(C)n1CCc1ccc(F)cc1. The van der Waals surface area contributed by atoms with E-state index in [-0.39, 0.29) is 24.1 Å². The van der Waals surface area contributed by atoms with Crippen LogP contribution >= 0.6 is 0 Å². The van der Waals surface area contributed by atoms with E-state index in [2.05, 4.69) is 5.32 Å². The molecule has 7 heteroatoms. The van der Waals surface area contributed by atoms with Crippen molar-refractivity contribution in [3.8, 4) is 0 Å². The number of halogens is 1. The number of aryl methyl sites for hydroxylation is 3. The molecule has 3 amide bonds. The Morgan fingerprint density at radius 3 is 2.60 bits per heavy atom. The molecule has 2 heterocycles. The first kappa shape index (κ1) is 23.0. The fourth-order valence-electron chi connectivity index (χ4n) is 5.50. The van der Waals surface area contributed by atoms with Gasteiger partial charge in [0.15, 0.2) is 5.78 Å². The molecule has 1 fully saturated rings. The molecule has 35 heavy (non-hydrogen) atoms. The van der Waals surface area contributed by atoms with Crippen LogP contribution in [0.5, 0.6) is 0 Å². The van der Waals surface area contributed by atoms with Gasteiger partial charge in [0.1, 0.15) is 11.4 Å². The van der Waals surface area contributed by atoms with Crippen LogP contribution in [0.1, 0.15) is 51.3 Å². The normalized spacial score (nSPS) is 19.2. The first-order valence-corrected chi connectivity index (χ1v) is 12.0. The Balaban J connectivity index is 1.34. The number of Topliss-reactive ketones (excluding diaryl/α,β-unsaturated/α-hetero) is 1. The number of nitrogens with zero attached hydrogens (tertiary/aromatic N) is 2. The van der Waals surface area contributed by atoms with Crippen molar-refractivity contribution < 1.29 is 18.8 Å². The van der Waals surface area contributed by atoms with E-state index in [4.69, 9.17) is 0 Å². The van der Waals surface area contributed by atoms with Crippen LogP contribution in [-0.4, -0.2) is 33.7 Å². The second kappa shape index (κ2) is 8.80. The molecule has 1 spiro atoms. The summed E-state index contributed by atoms with van der Waals surface area (Å²) in [5, 5.41) is 2.91. The van der Waals surface area contributed by atoms with Crippen LogP contribution in [0.3, 0.4) is 0 Å². The number of imide groups is 1. The molecule has 1 aliphatic carbocycles. The highest BCUT2D eigenvalue weighted by molar-refractivity contribution is 6.11. The Hall–Kier alpha value is -3.74. The number of amides is 3. The predicted octanol–water partition coefficient (Wildman–Crippen LogP) is 4.45. The van der Waals surface area contributed by atoms with Gasteiger partial charge in [-0.15, -0.1) is 0 Å². The third-order valence-electron chi connectivity index (χ3n) is 7.36. The number of carbonyl (C=O) groups is 3. The maximum atomic E-state index is 13.5. The molecule has 1 saturated heterocycles. The second-order valence-electron chi connectivity index (χ2n) is 9.47. The average Bonchev–Trinajstić information content (AvgIpc) is 3.26. The van der Waals surface area contributed by atoms with Crippen LogP contribution < -0.4 is 5.32 Å². The minimum absolute atomic E-state index is 0.268. The largest absolute Gasteiger partial charge is 0.348 e. The number of carbonyl (C=O) groups excluding carboxylic acids is 3. The molecular weight excluding hydrogens is 445 g/mol. The summed E-state index contributed by atoms with van der Waals surface area (Å²) in [6.07, 6.45) is 2.88. The van der Waals surface area contributed by atoms with Gasteiger partial charge in [-0.2, -0.15) is 0 Å². The minimum atomic E-state index is -1.09. The number of urea groups is 1. The third-order valence-corrected chi connectivity index (χ3v) is 7.36. The van der Waals surface area contributed by atoms with Gasteiger partial charge in [0.2, 0.25) is 0 Å². The van der Waals surface area contributed by atoms with Crippen LogP contribution in [0.25, 0.3) is 0 Å². The number of fused-ring (bicyclic) bond motifs is 2. The highest BCUT2D eigenvalue weighted by Gasteiger charge is 2.54. The third kappa shape index (κ3) is 3.95. The van der Waals surface area contributed by atoms with Crippen LogP contribution in [-0.2, 0) is 29.7 Å². The van der Waals surface area contributed by atoms with E-state index in [1.807, 2.05) is 48.7 Å². The van der Waals surface area contributed by atoms with Gasteiger partial charge in [-0.1, -0.05) is 36.4 Å². The fourth-order valence-corrected chi connectivity index (χ4v) is 5.50. The summed E-state index contributed by atoms with van der Waals surface area (Å²) in [5.41, 5.74) is 4.03. The van der Waals surface area contributed by atoms with E-state index < -0.39 is 11.6 Å². The molecule has 1 atom stereocenters. The number of hydrogen-bond acceptors (Lipinski definition) is 3. The monoisotopic (exact) mass is 473 g/mol. The van der Waals surface area contributed by atoms with E-state index in [1.54, 1.807) is 12.1 Å². The molecule has 6 nitrogen and oxygen atoms in total. The van der Waals surface area contributed by atoms with Gasteiger partial charge in [-0.25, -0.2) is 9.18 Å². The van der Waals surface area contributed by atoms with Crippen molar-refractivity contribution in [3.63, 3.8) is 0 Å². The van der Waals surface area contributed by atoms with Crippen LogP contribution in [0.4, 0.5) is 9.18 Å². The van der Waals surface area contributed by atoms with Crippen LogP contribution in [0, 0.1) is 19.7 Å². The molecule has 3 aromatic rings. The van der Waals surface area contributed by atoms with Gasteiger partial charge in [0.25, 0.3) is 5.91 Å². The summed E-state index contributed by atoms with van der Waals surface area (Å²) in [4.78, 5) is 40.7. The molecule has 2 aromatic carbocycles. The molecule has 1 aromatic heterocycles. The van der Waals surface area contributed by atoms with Gasteiger partial charge in [-0.05, 0) is 74.4 Å². The van der Waals surface area contributed by atoms with E-state index in [0.717, 1.165) is 45.8 Å². The average molecular weight is 474 g/mol. The number of aromatic nitrogens is 1. The van der Waals surface area contributed by atoms with Crippen LogP contribution in [0.15, 0.2) is 54.6 Å². The predicted molar refractivity (Wildman–Crippen MR) is 130 cm³/mol. The summed E-state index contributed by atoms with van der Waals surface area (Å²) >= 11 is 0. The highest BCUT2D eigenvalue weighted by Crippen LogP contribution is 2.40. The Bertz CT molecular complexity index is 1330. The van der Waals surface area contributed by atoms with Crippen molar-refractivity contribution in [3.05, 3.63) is 94.1 Å². The number of rotatable bonds is 6. The maximum Gasteiger partial charge on any atom is 0.325 e. The van der Waals surface area contributed by atoms with Crippen molar-refractivity contribution >= 4 is 17.7 Å². The molecule has 0 bridgehead atoms. The number of hydrogen-bond donors (Lipinski definition) is 1. The second-order valence-corrected chi connectivity index (χ2v) is 9.47. The van der Waals surface area contributed by atoms with Gasteiger partial charge >= 0.3 is 6.03 Å². The highest BCUT2D eigenvalue weighted by atomic mass is 19.1. The summed E-state index contributed by atoms with van der Waals surface area (Å²) in [6, 6.07) is 15.4. The lowest BCUT2D eigenvalue weighted by Gasteiger charge is -2.33. The summed E-state index contributed by atoms with van der Waals surface area (Å²) in [6.45, 7) is 4.14. The summed E-state index contributed by atoms with van der Waals surface area (Å²) in [7, 11) is 0. The Morgan fingerprint density at radius 1 is 1.09 bits per heavy atom. The van der Waals surface area contributed by atoms with E-state index in [1.165, 1.54) is 12.1 Å². The first-order chi connectivity index (χ1) is 16.8. The van der Waals surface area contributed by atoms with Crippen molar-refractivity contribution in [2.45, 2.75) is 51.6 Å². The van der Waals surface area contributed by atoms with E-state index >= 15 is 0 Å². The molecule has 0 radical (unpaired) electrons. The lowest BCUT2D eigenvalue weighted by molar-refractivity contribution is -0.131.